The molecule has 0 aliphatic carbocycles. The smallest absolute Gasteiger partial charge is 0.231 e. The fourth-order valence-electron chi connectivity index (χ4n) is 6.36. The minimum atomic E-state index is 0.519. The molecule has 2 aromatic carbocycles. The van der Waals surface area contributed by atoms with Gasteiger partial charge in [-0.1, -0.05) is 0 Å². The van der Waals surface area contributed by atoms with E-state index in [0.717, 1.165) is 52.2 Å². The summed E-state index contributed by atoms with van der Waals surface area (Å²) in [6.07, 6.45) is 7.77. The third kappa shape index (κ3) is 5.65. The summed E-state index contributed by atoms with van der Waals surface area (Å²) in [6.45, 7) is 6.96. The zero-order valence-corrected chi connectivity index (χ0v) is 25.1. The van der Waals surface area contributed by atoms with Gasteiger partial charge in [0.15, 0.2) is 0 Å². The SMILES string of the molecule is CN1CCN(C2CCN(c3ccc(Nc4nc(Nc5ccc6nccnc6c5N(C)C)c5cc[nH]c5n4)cc3)CC2)CC1. The first-order chi connectivity index (χ1) is 21.0. The number of likely N-dealkylation sites (N-methyl/N-ethyl adjacent to an activating group) is 1. The van der Waals surface area contributed by atoms with Crippen molar-refractivity contribution in [3.05, 3.63) is 61.1 Å². The summed E-state index contributed by atoms with van der Waals surface area (Å²) >= 11 is 0. The molecule has 0 amide bonds. The summed E-state index contributed by atoms with van der Waals surface area (Å²) < 4.78 is 0. The van der Waals surface area contributed by atoms with Gasteiger partial charge in [0.1, 0.15) is 17.0 Å². The number of fused-ring (bicyclic) bond motifs is 2. The quantitative estimate of drug-likeness (QED) is 0.253. The zero-order valence-electron chi connectivity index (χ0n) is 25.1. The lowest BCUT2D eigenvalue weighted by atomic mass is 10.0. The predicted molar refractivity (Wildman–Crippen MR) is 175 cm³/mol. The fraction of sp³-hybridized carbons (Fsp3) is 0.375. The molecule has 5 heterocycles. The van der Waals surface area contributed by atoms with Gasteiger partial charge in [-0.15, -0.1) is 0 Å². The highest BCUT2D eigenvalue weighted by atomic mass is 15.3. The molecule has 11 nitrogen and oxygen atoms in total. The van der Waals surface area contributed by atoms with Gasteiger partial charge in [-0.25, -0.2) is 0 Å². The molecule has 7 rings (SSSR count). The molecule has 0 unspecified atom stereocenters. The maximum atomic E-state index is 4.89. The van der Waals surface area contributed by atoms with E-state index in [-0.39, 0.29) is 0 Å². The monoisotopic (exact) mass is 577 g/mol. The lowest BCUT2D eigenvalue weighted by Gasteiger charge is -2.42. The molecule has 3 N–H and O–H groups in total. The minimum absolute atomic E-state index is 0.519. The van der Waals surface area contributed by atoms with Crippen LogP contribution in [-0.4, -0.2) is 101 Å². The molecule has 5 aromatic rings. The van der Waals surface area contributed by atoms with E-state index in [2.05, 4.69) is 71.6 Å². The molecule has 2 saturated heterocycles. The highest BCUT2D eigenvalue weighted by Crippen LogP contribution is 2.35. The van der Waals surface area contributed by atoms with E-state index in [9.17, 15) is 0 Å². The second-order valence-electron chi connectivity index (χ2n) is 11.8. The number of hydrogen-bond acceptors (Lipinski definition) is 10. The van der Waals surface area contributed by atoms with Crippen molar-refractivity contribution in [1.29, 1.82) is 0 Å². The largest absolute Gasteiger partial charge is 0.374 e. The van der Waals surface area contributed by atoms with E-state index >= 15 is 0 Å². The van der Waals surface area contributed by atoms with E-state index < -0.39 is 0 Å². The Hall–Kier alpha value is -4.48. The van der Waals surface area contributed by atoms with Gasteiger partial charge < -0.3 is 30.3 Å². The highest BCUT2D eigenvalue weighted by molar-refractivity contribution is 5.99. The van der Waals surface area contributed by atoms with Crippen LogP contribution >= 0.6 is 0 Å². The number of nitrogens with zero attached hydrogens (tertiary/aromatic N) is 8. The molecule has 222 valence electrons. The number of hydrogen-bond donors (Lipinski definition) is 3. The molecular formula is C32H39N11. The second-order valence-corrected chi connectivity index (χ2v) is 11.8. The number of anilines is 6. The van der Waals surface area contributed by atoms with Crippen LogP contribution in [0.2, 0.25) is 0 Å². The van der Waals surface area contributed by atoms with Crippen LogP contribution in [0.25, 0.3) is 22.1 Å². The fourth-order valence-corrected chi connectivity index (χ4v) is 6.36. The number of piperazine rings is 1. The van der Waals surface area contributed by atoms with Crippen molar-refractivity contribution in [2.75, 3.05) is 80.8 Å². The number of aromatic amines is 1. The molecule has 2 fully saturated rings. The molecule has 0 saturated carbocycles. The first-order valence-electron chi connectivity index (χ1n) is 15.1. The Bertz CT molecular complexity index is 1700. The third-order valence-electron chi connectivity index (χ3n) is 8.74. The van der Waals surface area contributed by atoms with Crippen LogP contribution < -0.4 is 20.4 Å². The number of aromatic nitrogens is 5. The Morgan fingerprint density at radius 2 is 1.60 bits per heavy atom. The lowest BCUT2D eigenvalue weighted by molar-refractivity contribution is 0.0982. The van der Waals surface area contributed by atoms with Crippen LogP contribution in [-0.2, 0) is 0 Å². The van der Waals surface area contributed by atoms with E-state index in [0.29, 0.717) is 17.8 Å². The van der Waals surface area contributed by atoms with Crippen LogP contribution in [0.1, 0.15) is 12.8 Å². The van der Waals surface area contributed by atoms with Crippen molar-refractivity contribution in [3.63, 3.8) is 0 Å². The van der Waals surface area contributed by atoms with E-state index in [1.54, 1.807) is 12.4 Å². The van der Waals surface area contributed by atoms with Crippen molar-refractivity contribution in [3.8, 4) is 0 Å². The van der Waals surface area contributed by atoms with Crippen molar-refractivity contribution < 1.29 is 0 Å². The van der Waals surface area contributed by atoms with E-state index in [4.69, 9.17) is 9.97 Å². The Labute approximate surface area is 252 Å². The van der Waals surface area contributed by atoms with Gasteiger partial charge in [-0.05, 0) is 62.4 Å². The van der Waals surface area contributed by atoms with Crippen LogP contribution in [0.3, 0.4) is 0 Å². The summed E-state index contributed by atoms with van der Waals surface area (Å²) in [6, 6.07) is 15.3. The molecule has 0 bridgehead atoms. The van der Waals surface area contributed by atoms with Gasteiger partial charge in [-0.3, -0.25) is 14.9 Å². The Morgan fingerprint density at radius 3 is 2.37 bits per heavy atom. The van der Waals surface area contributed by atoms with Gasteiger partial charge in [0.2, 0.25) is 5.95 Å². The Balaban J connectivity index is 1.07. The lowest BCUT2D eigenvalue weighted by Crippen LogP contribution is -2.52. The summed E-state index contributed by atoms with van der Waals surface area (Å²) in [5, 5.41) is 7.88. The molecule has 0 radical (unpaired) electrons. The molecule has 2 aliphatic rings. The van der Waals surface area contributed by atoms with Crippen molar-refractivity contribution in [2.45, 2.75) is 18.9 Å². The normalized spacial score (nSPS) is 17.0. The summed E-state index contributed by atoms with van der Waals surface area (Å²) in [4.78, 5) is 31.6. The average Bonchev–Trinajstić information content (AvgIpc) is 3.51. The summed E-state index contributed by atoms with van der Waals surface area (Å²) in [5.41, 5.74) is 6.49. The van der Waals surface area contributed by atoms with Gasteiger partial charge in [0.25, 0.3) is 0 Å². The van der Waals surface area contributed by atoms with Gasteiger partial charge >= 0.3 is 0 Å². The van der Waals surface area contributed by atoms with E-state index in [1.165, 1.54) is 44.7 Å². The average molecular weight is 578 g/mol. The molecule has 3 aromatic heterocycles. The second kappa shape index (κ2) is 11.7. The van der Waals surface area contributed by atoms with Gasteiger partial charge in [-0.2, -0.15) is 9.97 Å². The van der Waals surface area contributed by atoms with E-state index in [1.807, 2.05) is 43.4 Å². The standard InChI is InChI=1S/C32H39N11/c1-40(2)29-27(9-8-26-28(29)34-15-14-33-26)37-31-25-10-13-35-30(25)38-32(39-31)36-22-4-6-23(7-5-22)42-16-11-24(12-17-42)43-20-18-41(3)19-21-43/h4-10,13-15,24H,11-12,16-21H2,1-3H3,(H3,35,36,37,38,39). The Kier molecular flexibility index (Phi) is 7.42. The first kappa shape index (κ1) is 27.4. The van der Waals surface area contributed by atoms with Crippen molar-refractivity contribution >= 4 is 56.6 Å². The molecule has 11 heteroatoms. The molecular weight excluding hydrogens is 538 g/mol. The molecule has 0 atom stereocenters. The van der Waals surface area contributed by atoms with Gasteiger partial charge in [0.05, 0.1) is 22.3 Å². The number of rotatable bonds is 7. The van der Waals surface area contributed by atoms with Crippen LogP contribution in [0.5, 0.6) is 0 Å². The molecule has 0 spiro atoms. The first-order valence-corrected chi connectivity index (χ1v) is 15.1. The maximum absolute atomic E-state index is 4.89. The third-order valence-corrected chi connectivity index (χ3v) is 8.74. The predicted octanol–water partition coefficient (Wildman–Crippen LogP) is 4.67. The van der Waals surface area contributed by atoms with Crippen molar-refractivity contribution in [2.24, 2.45) is 0 Å². The topological polar surface area (TPSA) is 104 Å². The number of benzene rings is 2. The number of nitrogens with one attached hydrogen (secondary N) is 3. The van der Waals surface area contributed by atoms with Gasteiger partial charge in [0, 0.05) is 89.4 Å². The minimum Gasteiger partial charge on any atom is -0.374 e. The highest BCUT2D eigenvalue weighted by Gasteiger charge is 2.26. The zero-order chi connectivity index (χ0) is 29.3. The summed E-state index contributed by atoms with van der Waals surface area (Å²) in [5.74, 6) is 1.23. The maximum Gasteiger partial charge on any atom is 0.231 e. The Morgan fingerprint density at radius 1 is 0.837 bits per heavy atom. The molecule has 43 heavy (non-hydrogen) atoms. The summed E-state index contributed by atoms with van der Waals surface area (Å²) in [7, 11) is 6.24. The van der Waals surface area contributed by atoms with Crippen LogP contribution in [0.15, 0.2) is 61.1 Å². The van der Waals surface area contributed by atoms with Crippen LogP contribution in [0.4, 0.5) is 34.5 Å². The molecule has 2 aliphatic heterocycles. The van der Waals surface area contributed by atoms with Crippen LogP contribution in [0, 0.1) is 0 Å². The number of piperidine rings is 1. The number of H-pyrrole nitrogens is 1. The van der Waals surface area contributed by atoms with Crippen molar-refractivity contribution in [1.82, 2.24) is 34.7 Å².